The summed E-state index contributed by atoms with van der Waals surface area (Å²) in [5, 5.41) is 3.88. The molecule has 5 nitrogen and oxygen atoms in total. The number of methoxy groups -OCH3 is 1. The van der Waals surface area contributed by atoms with Crippen LogP contribution >= 0.6 is 22.9 Å². The van der Waals surface area contributed by atoms with E-state index in [0.29, 0.717) is 22.2 Å². The number of esters is 1. The molecule has 2 aromatic carbocycles. The van der Waals surface area contributed by atoms with Crippen LogP contribution in [0.1, 0.15) is 27.7 Å². The number of hydrogen-bond acceptors (Lipinski definition) is 5. The zero-order chi connectivity index (χ0) is 22.4. The first kappa shape index (κ1) is 22.6. The molecule has 31 heavy (non-hydrogen) atoms. The number of thiophene rings is 1. The Bertz CT molecular complexity index is 1100. The molecule has 0 unspecified atom stereocenters. The number of carbonyl (C=O) groups is 2. The van der Waals surface area contributed by atoms with E-state index in [1.54, 1.807) is 18.2 Å². The van der Waals surface area contributed by atoms with Crippen molar-refractivity contribution in [2.24, 2.45) is 0 Å². The normalized spacial score (nSPS) is 10.8. The van der Waals surface area contributed by atoms with Gasteiger partial charge in [0.05, 0.1) is 13.7 Å². The van der Waals surface area contributed by atoms with Crippen LogP contribution in [0.25, 0.3) is 17.2 Å². The van der Waals surface area contributed by atoms with Gasteiger partial charge in [0.2, 0.25) is 5.91 Å². The second-order valence-electron chi connectivity index (χ2n) is 6.56. The third-order valence-electron chi connectivity index (χ3n) is 4.46. The minimum absolute atomic E-state index is 0.336. The molecule has 0 saturated carbocycles. The fraction of sp³-hybridized carbons (Fsp3) is 0.167. The van der Waals surface area contributed by atoms with E-state index in [4.69, 9.17) is 21.1 Å². The van der Waals surface area contributed by atoms with Crippen molar-refractivity contribution in [1.82, 2.24) is 0 Å². The smallest absolute Gasteiger partial charge is 0.341 e. The largest absolute Gasteiger partial charge is 0.494 e. The number of amides is 1. The number of aryl methyl sites for hydroxylation is 1. The zero-order valence-corrected chi connectivity index (χ0v) is 19.0. The van der Waals surface area contributed by atoms with Crippen LogP contribution in [0, 0.1) is 6.92 Å². The molecule has 0 bridgehead atoms. The van der Waals surface area contributed by atoms with Crippen LogP contribution in [0.5, 0.6) is 5.75 Å². The van der Waals surface area contributed by atoms with Gasteiger partial charge in [0.15, 0.2) is 0 Å². The van der Waals surface area contributed by atoms with Gasteiger partial charge in [-0.05, 0) is 55.3 Å². The number of anilines is 1. The predicted molar refractivity (Wildman–Crippen MR) is 126 cm³/mol. The second-order valence-corrected chi connectivity index (χ2v) is 8.22. The molecule has 0 fully saturated rings. The van der Waals surface area contributed by atoms with Crippen LogP contribution in [-0.4, -0.2) is 25.6 Å². The van der Waals surface area contributed by atoms with Crippen molar-refractivity contribution in [1.29, 1.82) is 0 Å². The predicted octanol–water partition coefficient (Wildman–Crippen LogP) is 6.21. The first-order valence-electron chi connectivity index (χ1n) is 9.62. The van der Waals surface area contributed by atoms with Gasteiger partial charge in [0.25, 0.3) is 0 Å². The van der Waals surface area contributed by atoms with Crippen LogP contribution < -0.4 is 10.1 Å². The van der Waals surface area contributed by atoms with Gasteiger partial charge in [-0.1, -0.05) is 35.9 Å². The molecule has 1 heterocycles. The molecule has 0 aliphatic rings. The number of nitrogens with one attached hydrogen (secondary N) is 1. The molecule has 3 aromatic rings. The molecular weight excluding hydrogens is 434 g/mol. The van der Waals surface area contributed by atoms with Crippen molar-refractivity contribution in [2.45, 2.75) is 13.8 Å². The Balaban J connectivity index is 1.90. The quantitative estimate of drug-likeness (QED) is 0.339. The van der Waals surface area contributed by atoms with Gasteiger partial charge in [-0.15, -0.1) is 11.3 Å². The minimum Gasteiger partial charge on any atom is -0.494 e. The minimum atomic E-state index is -0.509. The first-order chi connectivity index (χ1) is 14.9. The maximum absolute atomic E-state index is 12.6. The van der Waals surface area contributed by atoms with Crippen LogP contribution in [0.3, 0.4) is 0 Å². The summed E-state index contributed by atoms with van der Waals surface area (Å²) in [5.74, 6) is -0.107. The third-order valence-corrected chi connectivity index (χ3v) is 5.73. The molecule has 0 saturated heterocycles. The lowest BCUT2D eigenvalue weighted by atomic mass is 10.0. The monoisotopic (exact) mass is 455 g/mol. The lowest BCUT2D eigenvalue weighted by Gasteiger charge is -2.08. The summed E-state index contributed by atoms with van der Waals surface area (Å²) in [6.45, 7) is 4.40. The number of ether oxygens (including phenoxy) is 2. The van der Waals surface area contributed by atoms with Gasteiger partial charge >= 0.3 is 5.97 Å². The first-order valence-corrected chi connectivity index (χ1v) is 10.8. The van der Waals surface area contributed by atoms with E-state index in [9.17, 15) is 9.59 Å². The van der Waals surface area contributed by atoms with Gasteiger partial charge in [0.1, 0.15) is 16.3 Å². The van der Waals surface area contributed by atoms with Crippen molar-refractivity contribution in [3.63, 3.8) is 0 Å². The molecule has 160 valence electrons. The van der Waals surface area contributed by atoms with Crippen LogP contribution in [-0.2, 0) is 9.53 Å². The van der Waals surface area contributed by atoms with E-state index in [-0.39, 0.29) is 5.91 Å². The maximum atomic E-state index is 12.6. The Morgan fingerprint density at radius 3 is 2.39 bits per heavy atom. The Morgan fingerprint density at radius 2 is 1.77 bits per heavy atom. The molecule has 0 aliphatic carbocycles. The number of hydrogen-bond donors (Lipinski definition) is 1. The molecule has 1 aromatic heterocycles. The van der Waals surface area contributed by atoms with Gasteiger partial charge in [-0.3, -0.25) is 4.79 Å². The van der Waals surface area contributed by atoms with E-state index in [0.717, 1.165) is 27.3 Å². The average Bonchev–Trinajstić information content (AvgIpc) is 3.09. The molecule has 3 rings (SSSR count). The van der Waals surface area contributed by atoms with Crippen molar-refractivity contribution >= 4 is 45.9 Å². The summed E-state index contributed by atoms with van der Waals surface area (Å²) in [6, 6.07) is 14.6. The topological polar surface area (TPSA) is 64.6 Å². The molecule has 1 N–H and O–H groups in total. The fourth-order valence-electron chi connectivity index (χ4n) is 3.06. The van der Waals surface area contributed by atoms with Crippen LogP contribution in [0.15, 0.2) is 54.6 Å². The maximum Gasteiger partial charge on any atom is 0.341 e. The Hall–Kier alpha value is -3.09. The number of benzene rings is 2. The highest BCUT2D eigenvalue weighted by Crippen LogP contribution is 2.40. The molecule has 0 radical (unpaired) electrons. The Morgan fingerprint density at radius 1 is 1.10 bits per heavy atom. The molecule has 0 atom stereocenters. The summed E-state index contributed by atoms with van der Waals surface area (Å²) in [7, 11) is 1.32. The van der Waals surface area contributed by atoms with Gasteiger partial charge in [0, 0.05) is 21.5 Å². The SMILES string of the molecule is CCOc1ccc(-c2c(C)sc(NC(=O)/C=C/c3ccc(Cl)cc3)c2C(=O)OC)cc1. The highest BCUT2D eigenvalue weighted by molar-refractivity contribution is 7.17. The van der Waals surface area contributed by atoms with E-state index in [1.165, 1.54) is 24.5 Å². The van der Waals surface area contributed by atoms with Crippen molar-refractivity contribution in [2.75, 3.05) is 19.0 Å². The lowest BCUT2D eigenvalue weighted by molar-refractivity contribution is -0.111. The zero-order valence-electron chi connectivity index (χ0n) is 17.4. The van der Waals surface area contributed by atoms with Crippen LogP contribution in [0.2, 0.25) is 5.02 Å². The standard InChI is InChI=1S/C24H22ClNO4S/c1-4-30-19-12-8-17(9-13-19)21-15(2)31-23(22(21)24(28)29-3)26-20(27)14-7-16-5-10-18(25)11-6-16/h5-14H,4H2,1-3H3,(H,26,27)/b14-7+. The van der Waals surface area contributed by atoms with Crippen molar-refractivity contribution in [3.8, 4) is 16.9 Å². The number of carbonyl (C=O) groups excluding carboxylic acids is 2. The average molecular weight is 456 g/mol. The number of halogens is 1. The molecule has 1 amide bonds. The molecule has 7 heteroatoms. The van der Waals surface area contributed by atoms with E-state index in [2.05, 4.69) is 5.32 Å². The Labute approximate surface area is 190 Å². The fourth-order valence-corrected chi connectivity index (χ4v) is 4.25. The Kier molecular flexibility index (Phi) is 7.50. The van der Waals surface area contributed by atoms with Crippen LogP contribution in [0.4, 0.5) is 5.00 Å². The van der Waals surface area contributed by atoms with E-state index >= 15 is 0 Å². The summed E-state index contributed by atoms with van der Waals surface area (Å²) in [6.07, 6.45) is 3.09. The third kappa shape index (κ3) is 5.54. The summed E-state index contributed by atoms with van der Waals surface area (Å²) in [4.78, 5) is 26.0. The molecule has 0 aliphatic heterocycles. The summed E-state index contributed by atoms with van der Waals surface area (Å²) >= 11 is 7.21. The lowest BCUT2D eigenvalue weighted by Crippen LogP contribution is -2.11. The summed E-state index contributed by atoms with van der Waals surface area (Å²) < 4.78 is 10.5. The second kappa shape index (κ2) is 10.3. The van der Waals surface area contributed by atoms with Gasteiger partial charge in [-0.2, -0.15) is 0 Å². The molecular formula is C24H22ClNO4S. The van der Waals surface area contributed by atoms with Gasteiger partial charge < -0.3 is 14.8 Å². The summed E-state index contributed by atoms with van der Waals surface area (Å²) in [5.41, 5.74) is 2.75. The van der Waals surface area contributed by atoms with E-state index < -0.39 is 5.97 Å². The van der Waals surface area contributed by atoms with Gasteiger partial charge in [-0.25, -0.2) is 4.79 Å². The van der Waals surface area contributed by atoms with Crippen molar-refractivity contribution in [3.05, 3.63) is 75.6 Å². The number of rotatable bonds is 7. The molecule has 0 spiro atoms. The van der Waals surface area contributed by atoms with Crippen molar-refractivity contribution < 1.29 is 19.1 Å². The highest BCUT2D eigenvalue weighted by atomic mass is 35.5. The van der Waals surface area contributed by atoms with E-state index in [1.807, 2.05) is 50.2 Å². The highest BCUT2D eigenvalue weighted by Gasteiger charge is 2.24.